The lowest BCUT2D eigenvalue weighted by Gasteiger charge is -2.35. The summed E-state index contributed by atoms with van der Waals surface area (Å²) in [6, 6.07) is 1.94. The predicted octanol–water partition coefficient (Wildman–Crippen LogP) is 0.716. The summed E-state index contributed by atoms with van der Waals surface area (Å²) in [4.78, 5) is 23.6. The summed E-state index contributed by atoms with van der Waals surface area (Å²) in [5.41, 5.74) is 1.49. The van der Waals surface area contributed by atoms with E-state index < -0.39 is 0 Å². The van der Waals surface area contributed by atoms with Crippen LogP contribution in [0.2, 0.25) is 0 Å². The summed E-state index contributed by atoms with van der Waals surface area (Å²) < 4.78 is 1.89. The molecule has 27 heavy (non-hydrogen) atoms. The van der Waals surface area contributed by atoms with Crippen molar-refractivity contribution >= 4 is 11.7 Å². The number of carbonyl (C=O) groups is 1. The van der Waals surface area contributed by atoms with Crippen molar-refractivity contribution in [1.82, 2.24) is 25.1 Å². The molecule has 0 spiro atoms. The Morgan fingerprint density at radius 2 is 2.04 bits per heavy atom. The van der Waals surface area contributed by atoms with Crippen molar-refractivity contribution in [3.05, 3.63) is 35.5 Å². The molecule has 0 radical (unpaired) electrons. The molecule has 2 aliphatic heterocycles. The SMILES string of the molecule is Cc1nc2c(c(N3C[C@H]4C[C@@H](n5cccn5)[C@H](O)C[C@H]4C3)n1)CCNC2=O. The highest BCUT2D eigenvalue weighted by Gasteiger charge is 2.43. The van der Waals surface area contributed by atoms with Crippen molar-refractivity contribution in [3.63, 3.8) is 0 Å². The number of aromatic nitrogens is 4. The van der Waals surface area contributed by atoms with Crippen LogP contribution in [0, 0.1) is 18.8 Å². The minimum Gasteiger partial charge on any atom is -0.391 e. The lowest BCUT2D eigenvalue weighted by atomic mass is 9.77. The summed E-state index contributed by atoms with van der Waals surface area (Å²) in [6.45, 7) is 4.25. The Labute approximate surface area is 157 Å². The first-order chi connectivity index (χ1) is 13.1. The fourth-order valence-corrected chi connectivity index (χ4v) is 4.99. The Balaban J connectivity index is 1.42. The topological polar surface area (TPSA) is 96.2 Å². The van der Waals surface area contributed by atoms with Crippen LogP contribution in [0.15, 0.2) is 18.5 Å². The van der Waals surface area contributed by atoms with Crippen LogP contribution in [-0.2, 0) is 6.42 Å². The van der Waals surface area contributed by atoms with Crippen molar-refractivity contribution < 1.29 is 9.90 Å². The molecule has 4 atom stereocenters. The van der Waals surface area contributed by atoms with Crippen molar-refractivity contribution in [3.8, 4) is 0 Å². The highest BCUT2D eigenvalue weighted by atomic mass is 16.3. The zero-order chi connectivity index (χ0) is 18.5. The number of hydrogen-bond acceptors (Lipinski definition) is 6. The van der Waals surface area contributed by atoms with E-state index in [4.69, 9.17) is 4.98 Å². The zero-order valence-corrected chi connectivity index (χ0v) is 15.4. The molecule has 0 unspecified atom stereocenters. The van der Waals surface area contributed by atoms with Crippen LogP contribution >= 0.6 is 0 Å². The van der Waals surface area contributed by atoms with Gasteiger partial charge in [0.1, 0.15) is 17.3 Å². The van der Waals surface area contributed by atoms with Crippen LogP contribution < -0.4 is 10.2 Å². The lowest BCUT2D eigenvalue weighted by Crippen LogP contribution is -2.36. The molecule has 2 aromatic heterocycles. The number of rotatable bonds is 2. The molecule has 8 heteroatoms. The van der Waals surface area contributed by atoms with Crippen LogP contribution in [-0.4, -0.2) is 56.5 Å². The van der Waals surface area contributed by atoms with Crippen LogP contribution in [0.5, 0.6) is 0 Å². The molecule has 2 fully saturated rings. The number of aliphatic hydroxyl groups is 1. The Hall–Kier alpha value is -2.48. The van der Waals surface area contributed by atoms with Gasteiger partial charge in [-0.25, -0.2) is 9.97 Å². The summed E-state index contributed by atoms with van der Waals surface area (Å²) in [5, 5.41) is 17.9. The second-order valence-electron chi connectivity index (χ2n) is 7.94. The molecule has 5 rings (SSSR count). The Morgan fingerprint density at radius 3 is 2.81 bits per heavy atom. The maximum Gasteiger partial charge on any atom is 0.270 e. The van der Waals surface area contributed by atoms with Gasteiger partial charge in [-0.15, -0.1) is 0 Å². The minimum atomic E-state index is -0.377. The molecule has 1 saturated carbocycles. The second kappa shape index (κ2) is 6.30. The quantitative estimate of drug-likeness (QED) is 0.811. The van der Waals surface area contributed by atoms with E-state index in [0.29, 0.717) is 29.9 Å². The number of anilines is 1. The average Bonchev–Trinajstić information content (AvgIpc) is 3.30. The van der Waals surface area contributed by atoms with Gasteiger partial charge in [-0.3, -0.25) is 9.48 Å². The zero-order valence-electron chi connectivity index (χ0n) is 15.4. The molecule has 0 bridgehead atoms. The number of nitrogens with zero attached hydrogens (tertiary/aromatic N) is 5. The van der Waals surface area contributed by atoms with E-state index >= 15 is 0 Å². The number of carbonyl (C=O) groups excluding carboxylic acids is 1. The van der Waals surface area contributed by atoms with Crippen LogP contribution in [0.25, 0.3) is 0 Å². The van der Waals surface area contributed by atoms with E-state index in [2.05, 4.69) is 20.3 Å². The number of aliphatic hydroxyl groups excluding tert-OH is 1. The maximum absolute atomic E-state index is 12.2. The number of hydrogen-bond donors (Lipinski definition) is 2. The van der Waals surface area contributed by atoms with Gasteiger partial charge in [-0.1, -0.05) is 0 Å². The number of aryl methyl sites for hydroxylation is 1. The van der Waals surface area contributed by atoms with Gasteiger partial charge in [-0.2, -0.15) is 5.10 Å². The van der Waals surface area contributed by atoms with Gasteiger partial charge in [0, 0.05) is 37.6 Å². The van der Waals surface area contributed by atoms with E-state index in [9.17, 15) is 9.90 Å². The van der Waals surface area contributed by atoms with Crippen molar-refractivity contribution in [2.24, 2.45) is 11.8 Å². The molecule has 2 aromatic rings. The molecular weight excluding hydrogens is 344 g/mol. The fourth-order valence-electron chi connectivity index (χ4n) is 4.99. The lowest BCUT2D eigenvalue weighted by molar-refractivity contribution is 0.0306. The predicted molar refractivity (Wildman–Crippen MR) is 98.5 cm³/mol. The average molecular weight is 368 g/mol. The Bertz CT molecular complexity index is 867. The van der Waals surface area contributed by atoms with Gasteiger partial charge >= 0.3 is 0 Å². The van der Waals surface area contributed by atoms with Crippen molar-refractivity contribution in [2.75, 3.05) is 24.5 Å². The third-order valence-electron chi connectivity index (χ3n) is 6.25. The largest absolute Gasteiger partial charge is 0.391 e. The molecule has 4 heterocycles. The monoisotopic (exact) mass is 368 g/mol. The van der Waals surface area contributed by atoms with Gasteiger partial charge < -0.3 is 15.3 Å². The molecule has 3 aliphatic rings. The maximum atomic E-state index is 12.2. The summed E-state index contributed by atoms with van der Waals surface area (Å²) in [5.74, 6) is 2.37. The first-order valence-electron chi connectivity index (χ1n) is 9.68. The van der Waals surface area contributed by atoms with Gasteiger partial charge in [0.05, 0.1) is 12.1 Å². The number of amides is 1. The van der Waals surface area contributed by atoms with Crippen LogP contribution in [0.1, 0.15) is 40.8 Å². The van der Waals surface area contributed by atoms with Crippen molar-refractivity contribution in [2.45, 2.75) is 38.3 Å². The van der Waals surface area contributed by atoms with Gasteiger partial charge in [-0.05, 0) is 44.1 Å². The van der Waals surface area contributed by atoms with Crippen LogP contribution in [0.4, 0.5) is 5.82 Å². The minimum absolute atomic E-state index is 0.0352. The third-order valence-corrected chi connectivity index (χ3v) is 6.25. The second-order valence-corrected chi connectivity index (χ2v) is 7.94. The van der Waals surface area contributed by atoms with E-state index in [1.807, 2.05) is 23.9 Å². The van der Waals surface area contributed by atoms with E-state index in [0.717, 1.165) is 43.7 Å². The van der Waals surface area contributed by atoms with Gasteiger partial charge in [0.15, 0.2) is 0 Å². The molecule has 1 amide bonds. The molecule has 1 aliphatic carbocycles. The summed E-state index contributed by atoms with van der Waals surface area (Å²) >= 11 is 0. The molecule has 0 aromatic carbocycles. The smallest absolute Gasteiger partial charge is 0.270 e. The Morgan fingerprint density at radius 1 is 1.22 bits per heavy atom. The molecule has 1 saturated heterocycles. The first-order valence-corrected chi connectivity index (χ1v) is 9.68. The molecule has 8 nitrogen and oxygen atoms in total. The highest BCUT2D eigenvalue weighted by Crippen LogP contribution is 2.42. The van der Waals surface area contributed by atoms with E-state index in [1.165, 1.54) is 0 Å². The van der Waals surface area contributed by atoms with Crippen molar-refractivity contribution in [1.29, 1.82) is 0 Å². The molecule has 142 valence electrons. The number of nitrogens with one attached hydrogen (secondary N) is 1. The molecular formula is C19H24N6O2. The van der Waals surface area contributed by atoms with Gasteiger partial charge in [0.25, 0.3) is 5.91 Å². The summed E-state index contributed by atoms with van der Waals surface area (Å²) in [6.07, 6.45) is 5.78. The van der Waals surface area contributed by atoms with Gasteiger partial charge in [0.2, 0.25) is 0 Å². The van der Waals surface area contributed by atoms with E-state index in [-0.39, 0.29) is 18.1 Å². The number of fused-ring (bicyclic) bond motifs is 2. The first kappa shape index (κ1) is 16.7. The highest BCUT2D eigenvalue weighted by molar-refractivity contribution is 5.96. The van der Waals surface area contributed by atoms with E-state index in [1.54, 1.807) is 6.20 Å². The standard InChI is InChI=1S/C19H24N6O2/c1-11-22-17-14(3-5-20-19(17)27)18(23-11)24-9-12-7-15(25-6-2-4-21-25)16(26)8-13(12)10-24/h2,4,6,12-13,15-16,26H,3,5,7-10H2,1H3,(H,20,27)/t12-,13+,15-,16-/m1/s1. The Kier molecular flexibility index (Phi) is 3.89. The third kappa shape index (κ3) is 2.79. The molecule has 2 N–H and O–H groups in total. The normalized spacial score (nSPS) is 30.0. The fraction of sp³-hybridized carbons (Fsp3) is 0.579. The summed E-state index contributed by atoms with van der Waals surface area (Å²) in [7, 11) is 0. The van der Waals surface area contributed by atoms with Crippen LogP contribution in [0.3, 0.4) is 0 Å².